The van der Waals surface area contributed by atoms with Gasteiger partial charge in [0.2, 0.25) is 0 Å². The number of hydrogen-bond donors (Lipinski definition) is 1. The average molecular weight is 525 g/mol. The van der Waals surface area contributed by atoms with Crippen molar-refractivity contribution in [1.82, 2.24) is 10.2 Å². The Bertz CT molecular complexity index is 664. The molecule has 1 heterocycles. The summed E-state index contributed by atoms with van der Waals surface area (Å²) < 4.78 is 31.3. The molecule has 8 heteroatoms. The zero-order chi connectivity index (χ0) is 20.0. The van der Waals surface area contributed by atoms with Gasteiger partial charge in [0, 0.05) is 34.4 Å². The smallest absolute Gasteiger partial charge is 0.194 e. The summed E-state index contributed by atoms with van der Waals surface area (Å²) in [5.74, 6) is 1.10. The molecule has 28 heavy (non-hydrogen) atoms. The molecule has 0 amide bonds. The third-order valence-corrected chi connectivity index (χ3v) is 6.28. The maximum atomic E-state index is 13.2. The Balaban J connectivity index is 0.00000392. The number of nitrogens with one attached hydrogen (secondary N) is 1. The van der Waals surface area contributed by atoms with E-state index in [4.69, 9.17) is 9.73 Å². The van der Waals surface area contributed by atoms with Crippen LogP contribution in [0.5, 0.6) is 0 Å². The number of hydrogen-bond acceptors (Lipinski definition) is 3. The zero-order valence-electron chi connectivity index (χ0n) is 17.4. The number of rotatable bonds is 5. The third kappa shape index (κ3) is 7.59. The van der Waals surface area contributed by atoms with E-state index < -0.39 is 10.8 Å². The van der Waals surface area contributed by atoms with Crippen LogP contribution in [0.2, 0.25) is 0 Å². The Hall–Kier alpha value is -0.740. The largest absolute Gasteiger partial charge is 0.367 e. The molecule has 0 radical (unpaired) electrons. The van der Waals surface area contributed by atoms with Crippen molar-refractivity contribution >= 4 is 40.7 Å². The zero-order valence-corrected chi connectivity index (χ0v) is 20.6. The van der Waals surface area contributed by atoms with Gasteiger partial charge >= 0.3 is 0 Å². The first-order chi connectivity index (χ1) is 12.7. The number of guanidine groups is 1. The Morgan fingerprint density at radius 1 is 1.32 bits per heavy atom. The topological polar surface area (TPSA) is 53.9 Å². The van der Waals surface area contributed by atoms with Crippen molar-refractivity contribution in [3.63, 3.8) is 0 Å². The van der Waals surface area contributed by atoms with Gasteiger partial charge in [0.05, 0.1) is 19.2 Å². The van der Waals surface area contributed by atoms with Crippen LogP contribution in [0.3, 0.4) is 0 Å². The van der Waals surface area contributed by atoms with Crippen molar-refractivity contribution in [3.8, 4) is 0 Å². The highest BCUT2D eigenvalue weighted by atomic mass is 127. The summed E-state index contributed by atoms with van der Waals surface area (Å²) in [6.45, 7) is 12.6. The van der Waals surface area contributed by atoms with E-state index in [2.05, 4.69) is 10.2 Å². The SMILES string of the molecule is CCNC(=NCCS(=O)C(C)(C)C)N1CC(C)OC(c2ccc(F)cc2)C1.I. The molecule has 2 rings (SSSR count). The fourth-order valence-corrected chi connectivity index (χ4v) is 3.82. The number of nitrogens with zero attached hydrogens (tertiary/aromatic N) is 2. The molecule has 1 aromatic carbocycles. The molecule has 0 aromatic heterocycles. The predicted molar refractivity (Wildman–Crippen MR) is 125 cm³/mol. The van der Waals surface area contributed by atoms with Gasteiger partial charge in [-0.05, 0) is 52.3 Å². The molecule has 3 unspecified atom stereocenters. The molecule has 1 fully saturated rings. The number of morpholine rings is 1. The minimum absolute atomic E-state index is 0. The van der Waals surface area contributed by atoms with Gasteiger partial charge in [-0.25, -0.2) is 4.39 Å². The molecule has 1 aliphatic heterocycles. The minimum atomic E-state index is -0.922. The number of aliphatic imine (C=N–C) groups is 1. The Morgan fingerprint density at radius 2 is 1.96 bits per heavy atom. The Morgan fingerprint density at radius 3 is 2.54 bits per heavy atom. The van der Waals surface area contributed by atoms with Gasteiger partial charge in [-0.15, -0.1) is 24.0 Å². The minimum Gasteiger partial charge on any atom is -0.367 e. The lowest BCUT2D eigenvalue weighted by Crippen LogP contribution is -2.50. The first-order valence-electron chi connectivity index (χ1n) is 9.53. The second-order valence-electron chi connectivity index (χ2n) is 7.79. The molecule has 0 bridgehead atoms. The number of ether oxygens (including phenoxy) is 1. The molecular weight excluding hydrogens is 492 g/mol. The monoisotopic (exact) mass is 525 g/mol. The molecule has 160 valence electrons. The lowest BCUT2D eigenvalue weighted by atomic mass is 10.1. The fraction of sp³-hybridized carbons (Fsp3) is 0.650. The van der Waals surface area contributed by atoms with Gasteiger partial charge in [-0.1, -0.05) is 12.1 Å². The molecule has 1 N–H and O–H groups in total. The van der Waals surface area contributed by atoms with Crippen LogP contribution in [0, 0.1) is 5.82 Å². The lowest BCUT2D eigenvalue weighted by molar-refractivity contribution is -0.0605. The first kappa shape index (κ1) is 25.3. The quantitative estimate of drug-likeness (QED) is 0.362. The average Bonchev–Trinajstić information content (AvgIpc) is 2.60. The molecule has 3 atom stereocenters. The molecule has 1 saturated heterocycles. The summed E-state index contributed by atoms with van der Waals surface area (Å²) in [5.41, 5.74) is 0.956. The summed E-state index contributed by atoms with van der Waals surface area (Å²) >= 11 is 0. The van der Waals surface area contributed by atoms with E-state index in [-0.39, 0.29) is 46.7 Å². The third-order valence-electron chi connectivity index (χ3n) is 4.36. The van der Waals surface area contributed by atoms with Gasteiger partial charge in [0.1, 0.15) is 11.9 Å². The van der Waals surface area contributed by atoms with Crippen molar-refractivity contribution in [2.45, 2.75) is 51.6 Å². The molecular formula is C20H33FIN3O2S. The van der Waals surface area contributed by atoms with Crippen molar-refractivity contribution in [2.24, 2.45) is 4.99 Å². The number of benzene rings is 1. The van der Waals surface area contributed by atoms with E-state index in [1.54, 1.807) is 12.1 Å². The van der Waals surface area contributed by atoms with E-state index in [1.807, 2.05) is 34.6 Å². The van der Waals surface area contributed by atoms with Crippen molar-refractivity contribution in [2.75, 3.05) is 31.9 Å². The maximum absolute atomic E-state index is 13.2. The van der Waals surface area contributed by atoms with E-state index >= 15 is 0 Å². The normalized spacial score (nSPS) is 21.8. The van der Waals surface area contributed by atoms with Crippen LogP contribution >= 0.6 is 24.0 Å². The maximum Gasteiger partial charge on any atom is 0.194 e. The van der Waals surface area contributed by atoms with Gasteiger partial charge < -0.3 is 15.0 Å². The van der Waals surface area contributed by atoms with Crippen molar-refractivity contribution in [1.29, 1.82) is 0 Å². The summed E-state index contributed by atoms with van der Waals surface area (Å²) in [7, 11) is -0.922. The van der Waals surface area contributed by atoms with Crippen LogP contribution < -0.4 is 5.32 Å². The van der Waals surface area contributed by atoms with Crippen LogP contribution in [0.4, 0.5) is 4.39 Å². The van der Waals surface area contributed by atoms with E-state index in [0.717, 1.165) is 24.6 Å². The van der Waals surface area contributed by atoms with Crippen LogP contribution in [-0.4, -0.2) is 57.9 Å². The molecule has 5 nitrogen and oxygen atoms in total. The van der Waals surface area contributed by atoms with E-state index in [9.17, 15) is 8.60 Å². The summed E-state index contributed by atoms with van der Waals surface area (Å²) in [4.78, 5) is 6.86. The Labute approximate surface area is 188 Å². The summed E-state index contributed by atoms with van der Waals surface area (Å²) in [6.07, 6.45) is -0.108. The Kier molecular flexibility index (Phi) is 10.3. The summed E-state index contributed by atoms with van der Waals surface area (Å²) in [5, 5.41) is 3.33. The van der Waals surface area contributed by atoms with E-state index in [0.29, 0.717) is 18.8 Å². The first-order valence-corrected chi connectivity index (χ1v) is 10.8. The van der Waals surface area contributed by atoms with E-state index in [1.165, 1.54) is 12.1 Å². The highest BCUT2D eigenvalue weighted by molar-refractivity contribution is 14.0. The van der Waals surface area contributed by atoms with Crippen molar-refractivity contribution < 1.29 is 13.3 Å². The molecule has 0 aliphatic carbocycles. The van der Waals surface area contributed by atoms with Gasteiger partial charge in [-0.2, -0.15) is 0 Å². The summed E-state index contributed by atoms with van der Waals surface area (Å²) in [6, 6.07) is 6.46. The van der Waals surface area contributed by atoms with Gasteiger partial charge in [-0.3, -0.25) is 9.20 Å². The second-order valence-corrected chi connectivity index (χ2v) is 10.1. The molecule has 0 spiro atoms. The highest BCUT2D eigenvalue weighted by Gasteiger charge is 2.28. The van der Waals surface area contributed by atoms with Crippen LogP contribution in [-0.2, 0) is 15.5 Å². The van der Waals surface area contributed by atoms with Crippen molar-refractivity contribution in [3.05, 3.63) is 35.6 Å². The van der Waals surface area contributed by atoms with Gasteiger partial charge in [0.15, 0.2) is 5.96 Å². The highest BCUT2D eigenvalue weighted by Crippen LogP contribution is 2.25. The van der Waals surface area contributed by atoms with Crippen LogP contribution in [0.1, 0.15) is 46.3 Å². The second kappa shape index (κ2) is 11.4. The molecule has 0 saturated carbocycles. The molecule has 1 aromatic rings. The van der Waals surface area contributed by atoms with Crippen LogP contribution in [0.25, 0.3) is 0 Å². The number of halogens is 2. The molecule has 1 aliphatic rings. The fourth-order valence-electron chi connectivity index (χ4n) is 2.95. The lowest BCUT2D eigenvalue weighted by Gasteiger charge is -2.38. The predicted octanol–water partition coefficient (Wildman–Crippen LogP) is 3.72. The van der Waals surface area contributed by atoms with Gasteiger partial charge in [0.25, 0.3) is 0 Å². The standard InChI is InChI=1S/C20H32FN3O2S.HI/c1-6-22-19(23-11-12-27(25)20(3,4)5)24-13-15(2)26-18(14-24)16-7-9-17(21)10-8-16;/h7-10,15,18H,6,11-14H2,1-5H3,(H,22,23);1H. The van der Waals surface area contributed by atoms with Crippen LogP contribution in [0.15, 0.2) is 29.3 Å².